The molecule has 4 rings (SSSR count). The Bertz CT molecular complexity index is 672. The van der Waals surface area contributed by atoms with E-state index < -0.39 is 0 Å². The number of carbonyl (C=O) groups excluding carboxylic acids is 1. The van der Waals surface area contributed by atoms with Gasteiger partial charge in [-0.3, -0.25) is 4.79 Å². The van der Waals surface area contributed by atoms with Gasteiger partial charge in [0.05, 0.1) is 0 Å². The van der Waals surface area contributed by atoms with E-state index in [0.717, 1.165) is 37.2 Å². The lowest BCUT2D eigenvalue weighted by atomic mass is 9.98. The number of Topliss-reactive ketones (excluding diaryl/α,β-unsaturated/α-hetero) is 1. The van der Waals surface area contributed by atoms with Gasteiger partial charge in [0.2, 0.25) is 0 Å². The lowest BCUT2D eigenvalue weighted by Gasteiger charge is -2.08. The molecule has 20 heavy (non-hydrogen) atoms. The number of nitrogens with one attached hydrogen (secondary N) is 1. The topological polar surface area (TPSA) is 42.0 Å². The van der Waals surface area contributed by atoms with Gasteiger partial charge in [0.1, 0.15) is 5.82 Å². The maximum atomic E-state index is 12.0. The highest BCUT2D eigenvalue weighted by atomic mass is 16.1. The first-order chi connectivity index (χ1) is 9.83. The summed E-state index contributed by atoms with van der Waals surface area (Å²) in [7, 11) is 0. The number of fused-ring (bicyclic) bond motifs is 1. The van der Waals surface area contributed by atoms with Crippen LogP contribution in [0, 0.1) is 5.92 Å². The van der Waals surface area contributed by atoms with Gasteiger partial charge in [0.25, 0.3) is 0 Å². The molecule has 1 N–H and O–H groups in total. The fourth-order valence-electron chi connectivity index (χ4n) is 2.87. The van der Waals surface area contributed by atoms with Crippen LogP contribution in [-0.4, -0.2) is 17.3 Å². The molecule has 0 unspecified atom stereocenters. The fourth-order valence-corrected chi connectivity index (χ4v) is 2.87. The van der Waals surface area contributed by atoms with Crippen LogP contribution in [0.5, 0.6) is 0 Å². The minimum atomic E-state index is 0.287. The third kappa shape index (κ3) is 1.90. The van der Waals surface area contributed by atoms with Crippen LogP contribution >= 0.6 is 0 Å². The van der Waals surface area contributed by atoms with Crippen LogP contribution in [0.3, 0.4) is 0 Å². The van der Waals surface area contributed by atoms with Crippen molar-refractivity contribution in [2.24, 2.45) is 5.92 Å². The van der Waals surface area contributed by atoms with Gasteiger partial charge >= 0.3 is 0 Å². The zero-order chi connectivity index (χ0) is 13.5. The lowest BCUT2D eigenvalue weighted by molar-refractivity contribution is 0.0967. The SMILES string of the molecule is O=C(c1ccc(-c2ccnc3c2CCN3)cc1)C1CC1. The summed E-state index contributed by atoms with van der Waals surface area (Å²) in [5, 5.41) is 3.30. The van der Waals surface area contributed by atoms with Gasteiger partial charge in [0.15, 0.2) is 5.78 Å². The summed E-state index contributed by atoms with van der Waals surface area (Å²) in [4.78, 5) is 16.4. The largest absolute Gasteiger partial charge is 0.369 e. The van der Waals surface area contributed by atoms with E-state index in [2.05, 4.69) is 28.5 Å². The highest BCUT2D eigenvalue weighted by molar-refractivity contribution is 5.99. The van der Waals surface area contributed by atoms with E-state index in [1.807, 2.05) is 18.3 Å². The molecule has 0 radical (unpaired) electrons. The number of carbonyl (C=O) groups is 1. The average molecular weight is 264 g/mol. The molecule has 1 aromatic carbocycles. The zero-order valence-corrected chi connectivity index (χ0v) is 11.2. The van der Waals surface area contributed by atoms with Crippen molar-refractivity contribution in [1.82, 2.24) is 4.98 Å². The van der Waals surface area contributed by atoms with E-state index in [1.54, 1.807) is 0 Å². The second-order valence-electron chi connectivity index (χ2n) is 5.58. The molecule has 1 aliphatic heterocycles. The third-order valence-corrected chi connectivity index (χ3v) is 4.15. The number of hydrogen-bond acceptors (Lipinski definition) is 3. The molecule has 1 fully saturated rings. The Morgan fingerprint density at radius 2 is 1.95 bits per heavy atom. The molecule has 1 aliphatic carbocycles. The molecule has 0 bridgehead atoms. The molecule has 2 heterocycles. The fraction of sp³-hybridized carbons (Fsp3) is 0.294. The molecule has 0 atom stereocenters. The highest BCUT2D eigenvalue weighted by Crippen LogP contribution is 2.34. The van der Waals surface area contributed by atoms with E-state index in [0.29, 0.717) is 5.78 Å². The van der Waals surface area contributed by atoms with E-state index in [4.69, 9.17) is 0 Å². The van der Waals surface area contributed by atoms with Gasteiger partial charge in [-0.2, -0.15) is 0 Å². The second kappa shape index (κ2) is 4.44. The number of ketones is 1. The van der Waals surface area contributed by atoms with E-state index in [-0.39, 0.29) is 5.92 Å². The number of aromatic nitrogens is 1. The smallest absolute Gasteiger partial charge is 0.165 e. The van der Waals surface area contributed by atoms with Crippen LogP contribution < -0.4 is 5.32 Å². The molecular formula is C17H16N2O. The molecule has 0 saturated heterocycles. The monoisotopic (exact) mass is 264 g/mol. The molecule has 2 aromatic rings. The average Bonchev–Trinajstić information content (AvgIpc) is 3.23. The van der Waals surface area contributed by atoms with E-state index in [9.17, 15) is 4.79 Å². The molecule has 3 heteroatoms. The van der Waals surface area contributed by atoms with Crippen LogP contribution in [0.4, 0.5) is 5.82 Å². The van der Waals surface area contributed by atoms with Crippen molar-refractivity contribution in [3.63, 3.8) is 0 Å². The number of pyridine rings is 1. The van der Waals surface area contributed by atoms with Crippen LogP contribution in [0.15, 0.2) is 36.5 Å². The minimum absolute atomic E-state index is 0.287. The zero-order valence-electron chi connectivity index (χ0n) is 11.2. The Hall–Kier alpha value is -2.16. The number of anilines is 1. The molecule has 0 spiro atoms. The third-order valence-electron chi connectivity index (χ3n) is 4.15. The molecule has 100 valence electrons. The van der Waals surface area contributed by atoms with Crippen molar-refractivity contribution in [1.29, 1.82) is 0 Å². The van der Waals surface area contributed by atoms with Gasteiger partial charge in [-0.1, -0.05) is 24.3 Å². The van der Waals surface area contributed by atoms with Crippen LogP contribution in [0.25, 0.3) is 11.1 Å². The number of nitrogens with zero attached hydrogens (tertiary/aromatic N) is 1. The summed E-state index contributed by atoms with van der Waals surface area (Å²) in [6, 6.07) is 10.1. The Labute approximate surface area is 118 Å². The molecule has 1 aromatic heterocycles. The number of benzene rings is 1. The standard InChI is InChI=1S/C17H16N2O/c20-16(13-5-6-13)12-3-1-11(2-4-12)14-7-9-18-17-15(14)8-10-19-17/h1-4,7,9,13H,5-6,8,10H2,(H,18,19). The Morgan fingerprint density at radius 3 is 2.70 bits per heavy atom. The van der Waals surface area contributed by atoms with Crippen molar-refractivity contribution >= 4 is 11.6 Å². The molecule has 1 saturated carbocycles. The van der Waals surface area contributed by atoms with Gasteiger partial charge in [-0.25, -0.2) is 4.98 Å². The van der Waals surface area contributed by atoms with Crippen molar-refractivity contribution in [2.75, 3.05) is 11.9 Å². The first-order valence-electron chi connectivity index (χ1n) is 7.19. The Kier molecular flexibility index (Phi) is 2.59. The summed E-state index contributed by atoms with van der Waals surface area (Å²) < 4.78 is 0. The van der Waals surface area contributed by atoms with Gasteiger partial charge in [-0.05, 0) is 36.5 Å². The van der Waals surface area contributed by atoms with E-state index >= 15 is 0 Å². The Morgan fingerprint density at radius 1 is 1.15 bits per heavy atom. The molecule has 0 amide bonds. The Balaban J connectivity index is 1.69. The van der Waals surface area contributed by atoms with Gasteiger partial charge < -0.3 is 5.32 Å². The molecular weight excluding hydrogens is 248 g/mol. The lowest BCUT2D eigenvalue weighted by Crippen LogP contribution is -2.00. The first kappa shape index (κ1) is 11.6. The van der Waals surface area contributed by atoms with Crippen molar-refractivity contribution < 1.29 is 4.79 Å². The summed E-state index contributed by atoms with van der Waals surface area (Å²) in [6.07, 6.45) is 4.98. The van der Waals surface area contributed by atoms with Gasteiger partial charge in [0, 0.05) is 29.8 Å². The summed E-state index contributed by atoms with van der Waals surface area (Å²) in [5.41, 5.74) is 4.53. The maximum Gasteiger partial charge on any atom is 0.165 e. The maximum absolute atomic E-state index is 12.0. The van der Waals surface area contributed by atoms with Crippen LogP contribution in [-0.2, 0) is 6.42 Å². The normalized spacial score (nSPS) is 16.6. The predicted octanol–water partition coefficient (Wildman–Crippen LogP) is 3.31. The highest BCUT2D eigenvalue weighted by Gasteiger charge is 2.30. The first-order valence-corrected chi connectivity index (χ1v) is 7.19. The van der Waals surface area contributed by atoms with Crippen molar-refractivity contribution in [2.45, 2.75) is 19.3 Å². The van der Waals surface area contributed by atoms with E-state index in [1.165, 1.54) is 16.7 Å². The van der Waals surface area contributed by atoms with Crippen molar-refractivity contribution in [3.8, 4) is 11.1 Å². The van der Waals surface area contributed by atoms with Gasteiger partial charge in [-0.15, -0.1) is 0 Å². The summed E-state index contributed by atoms with van der Waals surface area (Å²) in [5.74, 6) is 1.59. The van der Waals surface area contributed by atoms with Crippen molar-refractivity contribution in [3.05, 3.63) is 47.7 Å². The molecule has 3 nitrogen and oxygen atoms in total. The summed E-state index contributed by atoms with van der Waals surface area (Å²) in [6.45, 7) is 0.956. The quantitative estimate of drug-likeness (QED) is 0.865. The number of rotatable bonds is 3. The second-order valence-corrected chi connectivity index (χ2v) is 5.58. The number of hydrogen-bond donors (Lipinski definition) is 1. The van der Waals surface area contributed by atoms with Crippen LogP contribution in [0.1, 0.15) is 28.8 Å². The predicted molar refractivity (Wildman–Crippen MR) is 78.9 cm³/mol. The molecule has 2 aliphatic rings. The van der Waals surface area contributed by atoms with Crippen LogP contribution in [0.2, 0.25) is 0 Å². The minimum Gasteiger partial charge on any atom is -0.369 e. The summed E-state index contributed by atoms with van der Waals surface area (Å²) >= 11 is 0.